The fourth-order valence-electron chi connectivity index (χ4n) is 4.79. The second-order valence-electron chi connectivity index (χ2n) is 9.09. The summed E-state index contributed by atoms with van der Waals surface area (Å²) >= 11 is 0. The van der Waals surface area contributed by atoms with Crippen LogP contribution in [-0.4, -0.2) is 50.6 Å². The molecule has 1 spiro atoms. The number of aromatic nitrogens is 4. The summed E-state index contributed by atoms with van der Waals surface area (Å²) in [6, 6.07) is 1.79. The lowest BCUT2D eigenvalue weighted by atomic mass is 9.64. The zero-order valence-electron chi connectivity index (χ0n) is 16.9. The van der Waals surface area contributed by atoms with E-state index in [1.165, 1.54) is 0 Å². The van der Waals surface area contributed by atoms with Crippen molar-refractivity contribution in [3.63, 3.8) is 0 Å². The topological polar surface area (TPSA) is 81.9 Å². The molecule has 0 unspecified atom stereocenters. The molecule has 30 heavy (non-hydrogen) atoms. The molecule has 1 aliphatic heterocycles. The smallest absolute Gasteiger partial charge is 0.270 e. The lowest BCUT2D eigenvalue weighted by Crippen LogP contribution is -2.59. The van der Waals surface area contributed by atoms with Crippen LogP contribution in [0.2, 0.25) is 0 Å². The highest BCUT2D eigenvalue weighted by atomic mass is 19.3. The van der Waals surface area contributed by atoms with Crippen molar-refractivity contribution in [2.75, 3.05) is 13.2 Å². The van der Waals surface area contributed by atoms with E-state index in [2.05, 4.69) is 20.3 Å². The van der Waals surface area contributed by atoms with Gasteiger partial charge in [-0.15, -0.1) is 0 Å². The molecule has 2 saturated carbocycles. The van der Waals surface area contributed by atoms with E-state index in [0.717, 1.165) is 26.1 Å². The molecule has 1 amide bonds. The molecular formula is C21H25F2N5O2. The Bertz CT molecular complexity index is 954. The average molecular weight is 417 g/mol. The summed E-state index contributed by atoms with van der Waals surface area (Å²) in [6.45, 7) is 1.54. The van der Waals surface area contributed by atoms with E-state index in [-0.39, 0.29) is 41.8 Å². The maximum Gasteiger partial charge on any atom is 0.270 e. The fraction of sp³-hybridized carbons (Fsp3) is 0.619. The van der Waals surface area contributed by atoms with Gasteiger partial charge in [0.05, 0.1) is 25.7 Å². The Kier molecular flexibility index (Phi) is 4.61. The van der Waals surface area contributed by atoms with E-state index < -0.39 is 5.92 Å². The number of carbonyl (C=O) groups excluding carboxylic acids is 1. The summed E-state index contributed by atoms with van der Waals surface area (Å²) in [5, 5.41) is 3.06. The summed E-state index contributed by atoms with van der Waals surface area (Å²) in [5.74, 6) is -2.57. The molecule has 0 bridgehead atoms. The largest absolute Gasteiger partial charge is 0.380 e. The summed E-state index contributed by atoms with van der Waals surface area (Å²) in [7, 11) is 1.83. The van der Waals surface area contributed by atoms with Gasteiger partial charge < -0.3 is 14.6 Å². The third kappa shape index (κ3) is 3.59. The zero-order chi connectivity index (χ0) is 20.9. The molecular weight excluding hydrogens is 392 g/mol. The first-order chi connectivity index (χ1) is 14.3. The number of amides is 1. The summed E-state index contributed by atoms with van der Waals surface area (Å²) in [6.07, 6.45) is 5.50. The van der Waals surface area contributed by atoms with E-state index in [4.69, 9.17) is 4.74 Å². The van der Waals surface area contributed by atoms with Gasteiger partial charge in [0.2, 0.25) is 5.92 Å². The highest BCUT2D eigenvalue weighted by Gasteiger charge is 2.50. The van der Waals surface area contributed by atoms with Crippen molar-refractivity contribution in [1.29, 1.82) is 0 Å². The van der Waals surface area contributed by atoms with Gasteiger partial charge in [-0.1, -0.05) is 0 Å². The van der Waals surface area contributed by atoms with Crippen LogP contribution >= 0.6 is 0 Å². The highest BCUT2D eigenvalue weighted by Crippen LogP contribution is 2.47. The van der Waals surface area contributed by atoms with Crippen molar-refractivity contribution < 1.29 is 18.3 Å². The predicted molar refractivity (Wildman–Crippen MR) is 104 cm³/mol. The van der Waals surface area contributed by atoms with Crippen molar-refractivity contribution in [3.05, 3.63) is 30.0 Å². The fourth-order valence-corrected chi connectivity index (χ4v) is 4.79. The van der Waals surface area contributed by atoms with Crippen LogP contribution in [-0.2, 0) is 11.8 Å². The van der Waals surface area contributed by atoms with Gasteiger partial charge in [-0.25, -0.2) is 23.7 Å². The lowest BCUT2D eigenvalue weighted by molar-refractivity contribution is -0.165. The van der Waals surface area contributed by atoms with Crippen LogP contribution in [0, 0.1) is 5.41 Å². The molecule has 1 N–H and O–H groups in total. The van der Waals surface area contributed by atoms with E-state index in [1.54, 1.807) is 23.2 Å². The number of halogens is 2. The molecule has 3 fully saturated rings. The van der Waals surface area contributed by atoms with Crippen LogP contribution in [0.3, 0.4) is 0 Å². The second-order valence-corrected chi connectivity index (χ2v) is 9.09. The van der Waals surface area contributed by atoms with E-state index in [0.29, 0.717) is 30.1 Å². The van der Waals surface area contributed by atoms with Crippen molar-refractivity contribution in [3.8, 4) is 11.5 Å². The molecule has 160 valence electrons. The molecule has 1 saturated heterocycles. The standard InChI is InChI=1S/C21H25F2N5O2/c1-28-12-24-9-17(28)18-26-15(13-2-4-21(22,23)5-3-13)6-16(27-18)19(29)25-14-7-20(8-14)10-30-11-20/h6,9,12-14H,2-5,7-8,10-11H2,1H3,(H,25,29). The Hall–Kier alpha value is -2.42. The van der Waals surface area contributed by atoms with Crippen LogP contribution in [0.15, 0.2) is 18.6 Å². The molecule has 5 rings (SSSR count). The van der Waals surface area contributed by atoms with E-state index in [1.807, 2.05) is 7.05 Å². The van der Waals surface area contributed by atoms with Gasteiger partial charge in [-0.2, -0.15) is 0 Å². The minimum atomic E-state index is -2.61. The van der Waals surface area contributed by atoms with Crippen molar-refractivity contribution in [2.45, 2.75) is 56.4 Å². The molecule has 9 heteroatoms. The highest BCUT2D eigenvalue weighted by molar-refractivity contribution is 5.93. The molecule has 0 radical (unpaired) electrons. The maximum atomic E-state index is 13.6. The van der Waals surface area contributed by atoms with Gasteiger partial charge >= 0.3 is 0 Å². The second kappa shape index (κ2) is 7.08. The number of aryl methyl sites for hydroxylation is 1. The molecule has 2 aromatic heterocycles. The first kappa shape index (κ1) is 19.5. The number of ether oxygens (including phenoxy) is 1. The molecule has 3 heterocycles. The Morgan fingerprint density at radius 3 is 2.57 bits per heavy atom. The van der Waals surface area contributed by atoms with Crippen molar-refractivity contribution in [1.82, 2.24) is 24.8 Å². The summed E-state index contributed by atoms with van der Waals surface area (Å²) < 4.78 is 34.3. The average Bonchev–Trinajstić information content (AvgIpc) is 3.08. The van der Waals surface area contributed by atoms with Gasteiger partial charge in [0, 0.05) is 43.0 Å². The lowest BCUT2D eigenvalue weighted by Gasteiger charge is -2.53. The minimum absolute atomic E-state index is 0.106. The van der Waals surface area contributed by atoms with Crippen LogP contribution < -0.4 is 5.32 Å². The zero-order valence-corrected chi connectivity index (χ0v) is 16.9. The summed E-state index contributed by atoms with van der Waals surface area (Å²) in [5.41, 5.74) is 1.86. The van der Waals surface area contributed by atoms with Crippen molar-refractivity contribution >= 4 is 5.91 Å². The maximum absolute atomic E-state index is 13.6. The molecule has 7 nitrogen and oxygen atoms in total. The Morgan fingerprint density at radius 2 is 1.97 bits per heavy atom. The first-order valence-electron chi connectivity index (χ1n) is 10.4. The third-order valence-electron chi connectivity index (χ3n) is 6.67. The normalized spacial score (nSPS) is 23.0. The van der Waals surface area contributed by atoms with Crippen molar-refractivity contribution in [2.24, 2.45) is 12.5 Å². The summed E-state index contributed by atoms with van der Waals surface area (Å²) in [4.78, 5) is 26.2. The molecule has 0 atom stereocenters. The number of nitrogens with one attached hydrogen (secondary N) is 1. The van der Waals surface area contributed by atoms with Gasteiger partial charge in [0.25, 0.3) is 5.91 Å². The Labute approximate surface area is 173 Å². The van der Waals surface area contributed by atoms with Crippen LogP contribution in [0.1, 0.15) is 60.6 Å². The van der Waals surface area contributed by atoms with Gasteiger partial charge in [-0.05, 0) is 31.7 Å². The van der Waals surface area contributed by atoms with Crippen LogP contribution in [0.4, 0.5) is 8.78 Å². The first-order valence-corrected chi connectivity index (χ1v) is 10.4. The number of hydrogen-bond donors (Lipinski definition) is 1. The number of carbonyl (C=O) groups is 1. The molecule has 2 aliphatic carbocycles. The molecule has 3 aliphatic rings. The van der Waals surface area contributed by atoms with Gasteiger partial charge in [-0.3, -0.25) is 4.79 Å². The van der Waals surface area contributed by atoms with Crippen LogP contribution in [0.25, 0.3) is 11.5 Å². The quantitative estimate of drug-likeness (QED) is 0.827. The SMILES string of the molecule is Cn1cncc1-c1nc(C(=O)NC2CC3(COC3)C2)cc(C2CCC(F)(F)CC2)n1. The van der Waals surface area contributed by atoms with Crippen LogP contribution in [0.5, 0.6) is 0 Å². The van der Waals surface area contributed by atoms with Gasteiger partial charge in [0.1, 0.15) is 11.4 Å². The predicted octanol–water partition coefficient (Wildman–Crippen LogP) is 3.08. The number of nitrogens with zero attached hydrogens (tertiary/aromatic N) is 4. The molecule has 0 aromatic carbocycles. The Balaban J connectivity index is 1.39. The number of alkyl halides is 2. The third-order valence-corrected chi connectivity index (χ3v) is 6.67. The Morgan fingerprint density at radius 1 is 1.23 bits per heavy atom. The number of rotatable bonds is 4. The minimum Gasteiger partial charge on any atom is -0.380 e. The number of imidazole rings is 1. The van der Waals surface area contributed by atoms with Gasteiger partial charge in [0.15, 0.2) is 5.82 Å². The monoisotopic (exact) mass is 417 g/mol. The number of hydrogen-bond acceptors (Lipinski definition) is 5. The molecule has 2 aromatic rings. The van der Waals surface area contributed by atoms with E-state index >= 15 is 0 Å². The van der Waals surface area contributed by atoms with E-state index in [9.17, 15) is 13.6 Å².